The van der Waals surface area contributed by atoms with Crippen LogP contribution < -0.4 is 5.32 Å². The summed E-state index contributed by atoms with van der Waals surface area (Å²) in [6.07, 6.45) is -0.345. The summed E-state index contributed by atoms with van der Waals surface area (Å²) in [7, 11) is 0. The van der Waals surface area contributed by atoms with E-state index in [2.05, 4.69) is 174 Å². The number of hydrogen-bond donors (Lipinski definition) is 1. The fourth-order valence-electron chi connectivity index (χ4n) is 8.31. The second kappa shape index (κ2) is 13.1. The van der Waals surface area contributed by atoms with Crippen molar-refractivity contribution < 1.29 is 4.42 Å². The van der Waals surface area contributed by atoms with Crippen LogP contribution in [0, 0.1) is 0 Å². The Morgan fingerprint density at radius 2 is 1.07 bits per heavy atom. The Morgan fingerprint density at radius 3 is 1.86 bits per heavy atom. The number of nitrogens with one attached hydrogen (secondary N) is 1. The molecule has 5 heteroatoms. The summed E-state index contributed by atoms with van der Waals surface area (Å²) in [4.78, 5) is 10.4. The van der Waals surface area contributed by atoms with Gasteiger partial charge in [-0.15, -0.1) is 0 Å². The van der Waals surface area contributed by atoms with Crippen LogP contribution in [-0.4, -0.2) is 16.2 Å². The van der Waals surface area contributed by atoms with Crippen molar-refractivity contribution in [3.63, 3.8) is 0 Å². The predicted octanol–water partition coefficient (Wildman–Crippen LogP) is 12.5. The van der Waals surface area contributed by atoms with E-state index in [1.807, 2.05) is 30.3 Å². The first-order valence-electron chi connectivity index (χ1n) is 18.9. The van der Waals surface area contributed by atoms with Gasteiger partial charge in [-0.1, -0.05) is 170 Å². The topological polar surface area (TPSA) is 54.8 Å². The van der Waals surface area contributed by atoms with Gasteiger partial charge in [0.05, 0.1) is 16.7 Å². The molecule has 1 aliphatic heterocycles. The minimum atomic E-state index is -0.345. The van der Waals surface area contributed by atoms with Crippen molar-refractivity contribution in [3.05, 3.63) is 211 Å². The van der Waals surface area contributed by atoms with Crippen molar-refractivity contribution in [1.29, 1.82) is 0 Å². The lowest BCUT2D eigenvalue weighted by atomic mass is 9.99. The number of aliphatic imine (C=N–C) groups is 2. The molecule has 8 aromatic carbocycles. The summed E-state index contributed by atoms with van der Waals surface area (Å²) >= 11 is 0. The Bertz CT molecular complexity index is 3140. The summed E-state index contributed by atoms with van der Waals surface area (Å²) < 4.78 is 9.25. The highest BCUT2D eigenvalue weighted by molar-refractivity contribution is 6.23. The molecule has 0 radical (unpaired) electrons. The summed E-state index contributed by atoms with van der Waals surface area (Å²) in [5.41, 5.74) is 12.6. The van der Waals surface area contributed by atoms with Crippen molar-refractivity contribution in [2.75, 3.05) is 0 Å². The molecule has 11 rings (SSSR count). The molecule has 0 bridgehead atoms. The van der Waals surface area contributed by atoms with Gasteiger partial charge in [-0.25, -0.2) is 9.98 Å². The maximum atomic E-state index is 6.90. The lowest BCUT2D eigenvalue weighted by Gasteiger charge is -2.24. The van der Waals surface area contributed by atoms with Crippen LogP contribution in [0.1, 0.15) is 22.9 Å². The third kappa shape index (κ3) is 5.24. The van der Waals surface area contributed by atoms with Crippen molar-refractivity contribution in [2.45, 2.75) is 6.17 Å². The summed E-state index contributed by atoms with van der Waals surface area (Å²) in [5.74, 6) is 1.43. The SMILES string of the molecule is c1ccc(C2=NC(c3ccc(-c4ccccc4)cc3)NC(c3cccc4oc5c(-n6c7ccccc7c7c(-c8ccccc8)cccc76)cccc5c34)=N2)cc1. The summed E-state index contributed by atoms with van der Waals surface area (Å²) in [6, 6.07) is 67.9. The zero-order valence-corrected chi connectivity index (χ0v) is 30.3. The highest BCUT2D eigenvalue weighted by Crippen LogP contribution is 2.42. The van der Waals surface area contributed by atoms with Crippen LogP contribution in [-0.2, 0) is 0 Å². The molecule has 264 valence electrons. The van der Waals surface area contributed by atoms with E-state index in [1.165, 1.54) is 27.5 Å². The van der Waals surface area contributed by atoms with Gasteiger partial charge in [0.1, 0.15) is 17.6 Å². The molecule has 10 aromatic rings. The van der Waals surface area contributed by atoms with Crippen LogP contribution in [0.4, 0.5) is 0 Å². The first-order valence-corrected chi connectivity index (χ1v) is 18.9. The standard InChI is InChI=1S/C51H34N4O/c1-4-15-33(16-5-1)34-29-31-37(32-30-34)50-52-49(36-19-8-3-9-20-36)53-51(54-50)41-24-14-28-45-47(41)40-23-13-27-44(48(40)56-45)55-42-25-11-10-21-39(42)46-38(22-12-26-43(46)55)35-17-6-2-7-18-35/h1-32,50H,(H,52,53,54). The zero-order chi connectivity index (χ0) is 37.0. The van der Waals surface area contributed by atoms with E-state index in [0.29, 0.717) is 5.84 Å². The van der Waals surface area contributed by atoms with Crippen LogP contribution in [0.2, 0.25) is 0 Å². The quantitative estimate of drug-likeness (QED) is 0.186. The number of nitrogens with zero attached hydrogens (tertiary/aromatic N) is 3. The minimum absolute atomic E-state index is 0.345. The van der Waals surface area contributed by atoms with E-state index < -0.39 is 0 Å². The Kier molecular flexibility index (Phi) is 7.49. The van der Waals surface area contributed by atoms with Gasteiger partial charge in [0.2, 0.25) is 0 Å². The van der Waals surface area contributed by atoms with Crippen molar-refractivity contribution >= 4 is 55.4 Å². The smallest absolute Gasteiger partial charge is 0.159 e. The van der Waals surface area contributed by atoms with Gasteiger partial charge in [-0.3, -0.25) is 0 Å². The van der Waals surface area contributed by atoms with E-state index in [-0.39, 0.29) is 6.17 Å². The number of amidine groups is 2. The van der Waals surface area contributed by atoms with Crippen LogP contribution >= 0.6 is 0 Å². The van der Waals surface area contributed by atoms with Gasteiger partial charge in [-0.2, -0.15) is 0 Å². The lowest BCUT2D eigenvalue weighted by molar-refractivity contribution is 0.665. The van der Waals surface area contributed by atoms with Crippen LogP contribution in [0.25, 0.3) is 71.7 Å². The molecule has 0 aliphatic carbocycles. The van der Waals surface area contributed by atoms with Crippen molar-refractivity contribution in [3.8, 4) is 27.9 Å². The zero-order valence-electron chi connectivity index (χ0n) is 30.3. The Hall–Kier alpha value is -7.50. The average Bonchev–Trinajstić information content (AvgIpc) is 3.84. The third-order valence-corrected chi connectivity index (χ3v) is 10.9. The number of aromatic nitrogens is 1. The van der Waals surface area contributed by atoms with E-state index in [9.17, 15) is 0 Å². The number of fused-ring (bicyclic) bond motifs is 6. The normalized spacial score (nSPS) is 14.2. The molecule has 1 unspecified atom stereocenters. The Morgan fingerprint density at radius 1 is 0.464 bits per heavy atom. The van der Waals surface area contributed by atoms with E-state index in [4.69, 9.17) is 14.4 Å². The second-order valence-electron chi connectivity index (χ2n) is 14.2. The third-order valence-electron chi connectivity index (χ3n) is 10.9. The van der Waals surface area contributed by atoms with Crippen LogP contribution in [0.15, 0.2) is 209 Å². The van der Waals surface area contributed by atoms with Gasteiger partial charge in [0.15, 0.2) is 11.4 Å². The molecule has 0 spiro atoms. The highest BCUT2D eigenvalue weighted by atomic mass is 16.3. The van der Waals surface area contributed by atoms with Crippen molar-refractivity contribution in [1.82, 2.24) is 9.88 Å². The minimum Gasteiger partial charge on any atom is -0.454 e. The fraction of sp³-hybridized carbons (Fsp3) is 0.0196. The number of rotatable bonds is 6. The van der Waals surface area contributed by atoms with Gasteiger partial charge in [0, 0.05) is 32.7 Å². The molecule has 56 heavy (non-hydrogen) atoms. The number of para-hydroxylation sites is 2. The van der Waals surface area contributed by atoms with Gasteiger partial charge in [-0.05, 0) is 52.1 Å². The van der Waals surface area contributed by atoms with Crippen LogP contribution in [0.5, 0.6) is 0 Å². The van der Waals surface area contributed by atoms with Gasteiger partial charge >= 0.3 is 0 Å². The highest BCUT2D eigenvalue weighted by Gasteiger charge is 2.25. The van der Waals surface area contributed by atoms with E-state index in [0.717, 1.165) is 66.7 Å². The monoisotopic (exact) mass is 718 g/mol. The molecule has 1 aliphatic rings. The Labute approximate surface area is 323 Å². The largest absolute Gasteiger partial charge is 0.454 e. The van der Waals surface area contributed by atoms with Crippen molar-refractivity contribution in [2.24, 2.45) is 9.98 Å². The molecule has 1 N–H and O–H groups in total. The second-order valence-corrected chi connectivity index (χ2v) is 14.2. The fourth-order valence-corrected chi connectivity index (χ4v) is 8.31. The van der Waals surface area contributed by atoms with Gasteiger partial charge in [0.25, 0.3) is 0 Å². The number of hydrogen-bond acceptors (Lipinski definition) is 4. The number of benzene rings is 8. The molecular formula is C51H34N4O. The maximum absolute atomic E-state index is 6.90. The first-order chi connectivity index (χ1) is 27.8. The molecule has 5 nitrogen and oxygen atoms in total. The van der Waals surface area contributed by atoms with Crippen LogP contribution in [0.3, 0.4) is 0 Å². The number of furan rings is 1. The molecule has 2 aromatic heterocycles. The summed E-state index contributed by atoms with van der Waals surface area (Å²) in [6.45, 7) is 0. The average molecular weight is 719 g/mol. The Balaban J connectivity index is 1.08. The first kappa shape index (κ1) is 32.0. The molecule has 0 fully saturated rings. The molecule has 0 amide bonds. The van der Waals surface area contributed by atoms with E-state index in [1.54, 1.807) is 0 Å². The molecule has 1 atom stereocenters. The van der Waals surface area contributed by atoms with Gasteiger partial charge < -0.3 is 14.3 Å². The molecular weight excluding hydrogens is 685 g/mol. The molecule has 0 saturated carbocycles. The lowest BCUT2D eigenvalue weighted by Crippen LogP contribution is -2.33. The summed E-state index contributed by atoms with van der Waals surface area (Å²) in [5, 5.41) is 8.17. The molecule has 0 saturated heterocycles. The predicted molar refractivity (Wildman–Crippen MR) is 231 cm³/mol. The molecule has 3 heterocycles. The van der Waals surface area contributed by atoms with E-state index >= 15 is 0 Å². The maximum Gasteiger partial charge on any atom is 0.159 e.